The number of nitrogens with one attached hydrogen (secondary N) is 1. The van der Waals surface area contributed by atoms with Gasteiger partial charge in [0.1, 0.15) is 0 Å². The molecule has 0 radical (unpaired) electrons. The molecule has 2 aromatic carbocycles. The van der Waals surface area contributed by atoms with Crippen LogP contribution in [0.4, 0.5) is 11.4 Å². The molecule has 0 unspecified atom stereocenters. The highest BCUT2D eigenvalue weighted by atomic mass is 32.2. The molecular formula is C15H18N2O2S. The molecule has 0 aromatic heterocycles. The minimum atomic E-state index is -3.43. The minimum absolute atomic E-state index is 0.0523. The summed E-state index contributed by atoms with van der Waals surface area (Å²) in [6.07, 6.45) is 0.822. The smallest absolute Gasteiger partial charge is 0.236 e. The van der Waals surface area contributed by atoms with E-state index in [1.165, 1.54) is 0 Å². The lowest BCUT2D eigenvalue weighted by molar-refractivity contribution is 0.600. The molecule has 106 valence electrons. The van der Waals surface area contributed by atoms with E-state index in [0.717, 1.165) is 17.5 Å². The molecule has 0 spiro atoms. The van der Waals surface area contributed by atoms with Crippen LogP contribution in [-0.4, -0.2) is 8.42 Å². The van der Waals surface area contributed by atoms with Crippen molar-refractivity contribution >= 4 is 21.4 Å². The van der Waals surface area contributed by atoms with Crippen molar-refractivity contribution < 1.29 is 8.42 Å². The first kappa shape index (κ1) is 14.4. The summed E-state index contributed by atoms with van der Waals surface area (Å²) in [5.74, 6) is -0.0523. The SMILES string of the molecule is CCc1ccc(NS(=O)(=O)Cc2ccccc2)cc1N. The van der Waals surface area contributed by atoms with Crippen LogP contribution in [0.25, 0.3) is 0 Å². The molecule has 4 nitrogen and oxygen atoms in total. The van der Waals surface area contributed by atoms with E-state index in [0.29, 0.717) is 11.4 Å². The lowest BCUT2D eigenvalue weighted by Gasteiger charge is -2.10. The van der Waals surface area contributed by atoms with E-state index in [4.69, 9.17) is 5.73 Å². The zero-order valence-electron chi connectivity index (χ0n) is 11.3. The molecule has 0 aliphatic carbocycles. The number of hydrogen-bond acceptors (Lipinski definition) is 3. The van der Waals surface area contributed by atoms with Crippen molar-refractivity contribution in [1.29, 1.82) is 0 Å². The predicted octanol–water partition coefficient (Wildman–Crippen LogP) is 2.77. The van der Waals surface area contributed by atoms with E-state index in [1.54, 1.807) is 24.3 Å². The summed E-state index contributed by atoms with van der Waals surface area (Å²) in [5.41, 5.74) is 8.73. The second kappa shape index (κ2) is 5.96. The molecule has 2 rings (SSSR count). The predicted molar refractivity (Wildman–Crippen MR) is 82.9 cm³/mol. The Bertz CT molecular complexity index is 682. The summed E-state index contributed by atoms with van der Waals surface area (Å²) >= 11 is 0. The number of nitrogen functional groups attached to an aromatic ring is 1. The number of anilines is 2. The Morgan fingerprint density at radius 3 is 2.40 bits per heavy atom. The molecule has 0 aliphatic heterocycles. The van der Waals surface area contributed by atoms with E-state index in [1.807, 2.05) is 31.2 Å². The van der Waals surface area contributed by atoms with Crippen LogP contribution in [0.3, 0.4) is 0 Å². The third-order valence-electron chi connectivity index (χ3n) is 3.00. The maximum Gasteiger partial charge on any atom is 0.236 e. The summed E-state index contributed by atoms with van der Waals surface area (Å²) in [6, 6.07) is 14.3. The zero-order valence-corrected chi connectivity index (χ0v) is 12.2. The Hall–Kier alpha value is -2.01. The zero-order chi connectivity index (χ0) is 14.6. The van der Waals surface area contributed by atoms with Gasteiger partial charge in [-0.15, -0.1) is 0 Å². The Balaban J connectivity index is 2.14. The Kier molecular flexibility index (Phi) is 4.29. The molecule has 3 N–H and O–H groups in total. The molecule has 0 saturated heterocycles. The lowest BCUT2D eigenvalue weighted by Crippen LogP contribution is -2.15. The van der Waals surface area contributed by atoms with Gasteiger partial charge in [-0.25, -0.2) is 8.42 Å². The van der Waals surface area contributed by atoms with Crippen molar-refractivity contribution in [3.05, 3.63) is 59.7 Å². The summed E-state index contributed by atoms with van der Waals surface area (Å²) in [4.78, 5) is 0. The van der Waals surface area contributed by atoms with Crippen molar-refractivity contribution in [2.24, 2.45) is 0 Å². The monoisotopic (exact) mass is 290 g/mol. The normalized spacial score (nSPS) is 11.2. The Morgan fingerprint density at radius 2 is 1.80 bits per heavy atom. The first-order valence-electron chi connectivity index (χ1n) is 6.43. The third-order valence-corrected chi connectivity index (χ3v) is 4.26. The van der Waals surface area contributed by atoms with E-state index in [-0.39, 0.29) is 5.75 Å². The van der Waals surface area contributed by atoms with Gasteiger partial charge in [0.15, 0.2) is 0 Å². The molecule has 0 amide bonds. The molecule has 0 aliphatic rings. The van der Waals surface area contributed by atoms with Crippen LogP contribution in [0.2, 0.25) is 0 Å². The van der Waals surface area contributed by atoms with E-state index in [9.17, 15) is 8.42 Å². The summed E-state index contributed by atoms with van der Waals surface area (Å²) in [6.45, 7) is 2.00. The van der Waals surface area contributed by atoms with Crippen LogP contribution in [0, 0.1) is 0 Å². The van der Waals surface area contributed by atoms with Gasteiger partial charge in [0, 0.05) is 5.69 Å². The standard InChI is InChI=1S/C15H18N2O2S/c1-2-13-8-9-14(10-15(13)16)17-20(18,19)11-12-6-4-3-5-7-12/h3-10,17H,2,11,16H2,1H3. The summed E-state index contributed by atoms with van der Waals surface area (Å²) in [7, 11) is -3.43. The molecule has 20 heavy (non-hydrogen) atoms. The number of benzene rings is 2. The number of hydrogen-bond donors (Lipinski definition) is 2. The number of rotatable bonds is 5. The van der Waals surface area contributed by atoms with Gasteiger partial charge >= 0.3 is 0 Å². The summed E-state index contributed by atoms with van der Waals surface area (Å²) in [5, 5.41) is 0. The molecule has 0 bridgehead atoms. The average molecular weight is 290 g/mol. The lowest BCUT2D eigenvalue weighted by atomic mass is 10.1. The fraction of sp³-hybridized carbons (Fsp3) is 0.200. The molecule has 2 aromatic rings. The molecule has 5 heteroatoms. The second-order valence-electron chi connectivity index (χ2n) is 4.61. The minimum Gasteiger partial charge on any atom is -0.398 e. The Morgan fingerprint density at radius 1 is 1.10 bits per heavy atom. The van der Waals surface area contributed by atoms with Gasteiger partial charge in [-0.2, -0.15) is 0 Å². The maximum absolute atomic E-state index is 12.1. The molecular weight excluding hydrogens is 272 g/mol. The van der Waals surface area contributed by atoms with E-state index >= 15 is 0 Å². The van der Waals surface area contributed by atoms with Gasteiger partial charge in [0.05, 0.1) is 11.4 Å². The van der Waals surface area contributed by atoms with Gasteiger partial charge in [0.25, 0.3) is 0 Å². The van der Waals surface area contributed by atoms with Gasteiger partial charge in [-0.05, 0) is 29.7 Å². The molecule has 0 fully saturated rings. The van der Waals surface area contributed by atoms with Gasteiger partial charge in [-0.3, -0.25) is 4.72 Å². The number of nitrogens with two attached hydrogens (primary N) is 1. The fourth-order valence-corrected chi connectivity index (χ4v) is 3.18. The maximum atomic E-state index is 12.1. The van der Waals surface area contributed by atoms with Crippen LogP contribution >= 0.6 is 0 Å². The van der Waals surface area contributed by atoms with Crippen LogP contribution in [0.1, 0.15) is 18.1 Å². The topological polar surface area (TPSA) is 72.2 Å². The first-order chi connectivity index (χ1) is 9.50. The number of sulfonamides is 1. The highest BCUT2D eigenvalue weighted by Crippen LogP contribution is 2.20. The third kappa shape index (κ3) is 3.74. The van der Waals surface area contributed by atoms with E-state index in [2.05, 4.69) is 4.72 Å². The highest BCUT2D eigenvalue weighted by Gasteiger charge is 2.12. The van der Waals surface area contributed by atoms with E-state index < -0.39 is 10.0 Å². The van der Waals surface area contributed by atoms with Crippen molar-refractivity contribution in [3.8, 4) is 0 Å². The van der Waals surface area contributed by atoms with Crippen molar-refractivity contribution in [3.63, 3.8) is 0 Å². The van der Waals surface area contributed by atoms with Gasteiger partial charge < -0.3 is 5.73 Å². The van der Waals surface area contributed by atoms with Crippen molar-refractivity contribution in [1.82, 2.24) is 0 Å². The molecule has 0 atom stereocenters. The van der Waals surface area contributed by atoms with Crippen LogP contribution in [0.15, 0.2) is 48.5 Å². The van der Waals surface area contributed by atoms with Crippen LogP contribution < -0.4 is 10.5 Å². The van der Waals surface area contributed by atoms with Gasteiger partial charge in [-0.1, -0.05) is 43.3 Å². The van der Waals surface area contributed by atoms with Crippen molar-refractivity contribution in [2.75, 3.05) is 10.5 Å². The van der Waals surface area contributed by atoms with Crippen LogP contribution in [-0.2, 0) is 22.2 Å². The fourth-order valence-electron chi connectivity index (χ4n) is 1.99. The second-order valence-corrected chi connectivity index (χ2v) is 6.34. The van der Waals surface area contributed by atoms with Crippen molar-refractivity contribution in [2.45, 2.75) is 19.1 Å². The molecule has 0 saturated carbocycles. The average Bonchev–Trinajstić information content (AvgIpc) is 2.39. The van der Waals surface area contributed by atoms with Crippen LogP contribution in [0.5, 0.6) is 0 Å². The Labute approximate surface area is 119 Å². The van der Waals surface area contributed by atoms with Gasteiger partial charge in [0.2, 0.25) is 10.0 Å². The number of aryl methyl sites for hydroxylation is 1. The highest BCUT2D eigenvalue weighted by molar-refractivity contribution is 7.91. The quantitative estimate of drug-likeness (QED) is 0.832. The molecule has 0 heterocycles. The first-order valence-corrected chi connectivity index (χ1v) is 8.08. The summed E-state index contributed by atoms with van der Waals surface area (Å²) < 4.78 is 26.7. The largest absolute Gasteiger partial charge is 0.398 e.